The smallest absolute Gasteiger partial charge is 0.464 e. The van der Waals surface area contributed by atoms with Crippen LogP contribution in [0.1, 0.15) is 6.42 Å². The van der Waals surface area contributed by atoms with Gasteiger partial charge >= 0.3 is 26.2 Å². The summed E-state index contributed by atoms with van der Waals surface area (Å²) >= 11 is 0. The van der Waals surface area contributed by atoms with Gasteiger partial charge in [-0.1, -0.05) is 0 Å². The van der Waals surface area contributed by atoms with Crippen molar-refractivity contribution in [3.05, 3.63) is 31.4 Å². The summed E-state index contributed by atoms with van der Waals surface area (Å²) in [5.74, 6) is 0. The van der Waals surface area contributed by atoms with Crippen LogP contribution in [0.15, 0.2) is 18.2 Å². The van der Waals surface area contributed by atoms with Gasteiger partial charge in [-0.05, 0) is 14.1 Å². The Kier molecular flexibility index (Phi) is 34.3. The number of rotatable bonds is 0. The fourth-order valence-corrected chi connectivity index (χ4v) is 0.340. The molecule has 1 rings (SSSR count). The van der Waals surface area contributed by atoms with Gasteiger partial charge < -0.3 is 4.90 Å². The van der Waals surface area contributed by atoms with E-state index in [0.717, 1.165) is 6.42 Å². The summed E-state index contributed by atoms with van der Waals surface area (Å²) < 4.78 is 0. The molecule has 0 spiro atoms. The molecule has 0 N–H and O–H groups in total. The van der Waals surface area contributed by atoms with Crippen molar-refractivity contribution >= 4 is 24.8 Å². The molecule has 0 unspecified atom stereocenters. The Balaban J connectivity index is -0.0000000436. The average molecular weight is 287 g/mol. The molecule has 4 heteroatoms. The van der Waals surface area contributed by atoms with Crippen LogP contribution in [0.4, 0.5) is 0 Å². The van der Waals surface area contributed by atoms with Crippen LogP contribution in [0, 0.1) is 13.1 Å². The van der Waals surface area contributed by atoms with E-state index in [2.05, 4.69) is 19.2 Å². The summed E-state index contributed by atoms with van der Waals surface area (Å²) in [7, 11) is 7.25. The van der Waals surface area contributed by atoms with Crippen molar-refractivity contribution in [2.75, 3.05) is 14.1 Å². The Bertz CT molecular complexity index is 101. The Morgan fingerprint density at radius 2 is 1.75 bits per heavy atom. The molecule has 0 aromatic carbocycles. The van der Waals surface area contributed by atoms with E-state index >= 15 is 0 Å². The minimum absolute atomic E-state index is 0. The van der Waals surface area contributed by atoms with Gasteiger partial charge in [0.1, 0.15) is 0 Å². The van der Waals surface area contributed by atoms with Crippen molar-refractivity contribution in [3.8, 4) is 0 Å². The third-order valence-electron chi connectivity index (χ3n) is 0.586. The van der Waals surface area contributed by atoms with Crippen LogP contribution in [0.5, 0.6) is 0 Å². The second-order valence-corrected chi connectivity index (χ2v) is 2.08. The van der Waals surface area contributed by atoms with Crippen LogP contribution >= 0.6 is 24.8 Å². The first-order chi connectivity index (χ1) is 4.23. The molecule has 0 saturated carbocycles. The van der Waals surface area contributed by atoms with Gasteiger partial charge in [-0.2, -0.15) is 6.08 Å². The van der Waals surface area contributed by atoms with Crippen LogP contribution in [0.2, 0.25) is 0 Å². The zero-order valence-electron chi connectivity index (χ0n) is 7.41. The molecule has 1 nitrogen and oxygen atoms in total. The SMILES string of the molecule is Cl.Cl.[C-]1=CC=CC1.[CH2-]N(C)C.[Zr+2]. The van der Waals surface area contributed by atoms with E-state index in [9.17, 15) is 0 Å². The van der Waals surface area contributed by atoms with Gasteiger partial charge in [-0.25, -0.2) is 12.2 Å². The molecule has 12 heavy (non-hydrogen) atoms. The Labute approximate surface area is 107 Å². The number of hydrogen-bond donors (Lipinski definition) is 0. The Hall–Kier alpha value is 0.903. The van der Waals surface area contributed by atoms with E-state index in [1.54, 1.807) is 4.90 Å². The van der Waals surface area contributed by atoms with Crippen molar-refractivity contribution in [2.24, 2.45) is 0 Å². The maximum Gasteiger partial charge on any atom is 2.00 e. The summed E-state index contributed by atoms with van der Waals surface area (Å²) in [6.07, 6.45) is 10.0. The van der Waals surface area contributed by atoms with Gasteiger partial charge in [0.05, 0.1) is 0 Å². The molecule has 0 aliphatic heterocycles. The fraction of sp³-hybridized carbons (Fsp3) is 0.375. The molecule has 70 valence electrons. The number of halogens is 2. The van der Waals surface area contributed by atoms with Crippen LogP contribution in [-0.2, 0) is 26.2 Å². The molecule has 0 bridgehead atoms. The van der Waals surface area contributed by atoms with Gasteiger partial charge in [0, 0.05) is 0 Å². The second-order valence-electron chi connectivity index (χ2n) is 2.08. The van der Waals surface area contributed by atoms with Crippen molar-refractivity contribution in [1.82, 2.24) is 4.90 Å². The molecule has 0 fully saturated rings. The summed E-state index contributed by atoms with van der Waals surface area (Å²) in [5, 5.41) is 0. The first kappa shape index (κ1) is 23.1. The molecule has 0 atom stereocenters. The molecule has 0 aromatic heterocycles. The normalized spacial score (nSPS) is 10.3. The molecule has 0 aromatic rings. The number of allylic oxidation sites excluding steroid dienone is 4. The predicted octanol–water partition coefficient (Wildman–Crippen LogP) is 2.49. The van der Waals surface area contributed by atoms with Crippen molar-refractivity contribution < 1.29 is 26.2 Å². The summed E-state index contributed by atoms with van der Waals surface area (Å²) in [6, 6.07) is 0. The van der Waals surface area contributed by atoms with Gasteiger partial charge in [-0.3, -0.25) is 13.1 Å². The monoisotopic (exact) mass is 285 g/mol. The van der Waals surface area contributed by atoms with Gasteiger partial charge in [-0.15, -0.1) is 31.2 Å². The standard InChI is InChI=1S/C5H5.C3H8N.2ClH.Zr/c1-2-4-5-3-1;1-4(2)3;;;/h1-3H,4H2;1H2,2-3H3;2*1H;/q2*-1;;;+2. The maximum atomic E-state index is 3.47. The Morgan fingerprint density at radius 3 is 1.83 bits per heavy atom. The Morgan fingerprint density at radius 1 is 1.33 bits per heavy atom. The zero-order valence-corrected chi connectivity index (χ0v) is 11.5. The minimum atomic E-state index is 0. The van der Waals surface area contributed by atoms with Gasteiger partial charge in [0.25, 0.3) is 0 Å². The third-order valence-corrected chi connectivity index (χ3v) is 0.586. The molecular weight excluding hydrogens is 272 g/mol. The van der Waals surface area contributed by atoms with Crippen LogP contribution in [0.3, 0.4) is 0 Å². The molecular formula is C8H15Cl2NZr. The average Bonchev–Trinajstić information content (AvgIpc) is 2.11. The number of nitrogens with zero attached hydrogens (tertiary/aromatic N) is 1. The van der Waals surface area contributed by atoms with Crippen LogP contribution in [0.25, 0.3) is 0 Å². The van der Waals surface area contributed by atoms with Crippen LogP contribution in [-0.4, -0.2) is 19.0 Å². The maximum absolute atomic E-state index is 3.47. The summed E-state index contributed by atoms with van der Waals surface area (Å²) in [4.78, 5) is 1.75. The first-order valence-corrected chi connectivity index (χ1v) is 2.93. The van der Waals surface area contributed by atoms with E-state index in [0.29, 0.717) is 0 Å². The van der Waals surface area contributed by atoms with Crippen molar-refractivity contribution in [3.63, 3.8) is 0 Å². The van der Waals surface area contributed by atoms with Gasteiger partial charge in [0.15, 0.2) is 0 Å². The molecule has 1 aliphatic carbocycles. The van der Waals surface area contributed by atoms with Crippen molar-refractivity contribution in [1.29, 1.82) is 0 Å². The quantitative estimate of drug-likeness (QED) is 0.619. The fourth-order valence-electron chi connectivity index (χ4n) is 0.340. The summed E-state index contributed by atoms with van der Waals surface area (Å²) in [5.41, 5.74) is 0. The van der Waals surface area contributed by atoms with E-state index in [1.165, 1.54) is 0 Å². The molecule has 0 saturated heterocycles. The molecule has 0 heterocycles. The third kappa shape index (κ3) is 30.7. The van der Waals surface area contributed by atoms with E-state index < -0.39 is 0 Å². The first-order valence-electron chi connectivity index (χ1n) is 2.93. The minimum Gasteiger partial charge on any atom is -0.464 e. The zero-order chi connectivity index (χ0) is 7.11. The largest absolute Gasteiger partial charge is 2.00 e. The van der Waals surface area contributed by atoms with Gasteiger partial charge in [0.2, 0.25) is 0 Å². The molecule has 1 aliphatic rings. The van der Waals surface area contributed by atoms with E-state index in [4.69, 9.17) is 0 Å². The van der Waals surface area contributed by atoms with Crippen LogP contribution < -0.4 is 0 Å². The van der Waals surface area contributed by atoms with Crippen molar-refractivity contribution in [2.45, 2.75) is 6.42 Å². The summed E-state index contributed by atoms with van der Waals surface area (Å²) in [6.45, 7) is 0. The second kappa shape index (κ2) is 17.9. The number of hydrogen-bond acceptors (Lipinski definition) is 1. The molecule has 0 amide bonds. The van der Waals surface area contributed by atoms with E-state index in [1.807, 2.05) is 26.2 Å². The predicted molar refractivity (Wildman–Crippen MR) is 55.1 cm³/mol. The molecule has 0 radical (unpaired) electrons. The topological polar surface area (TPSA) is 3.24 Å². The van der Waals surface area contributed by atoms with E-state index in [-0.39, 0.29) is 51.0 Å².